The van der Waals surface area contributed by atoms with Crippen LogP contribution in [0.5, 0.6) is 0 Å². The first-order valence-electron chi connectivity index (χ1n) is 4.48. The fraction of sp³-hybridized carbons (Fsp3) is 0.100. The molecule has 5 nitrogen and oxygen atoms in total. The largest absolute Gasteiger partial charge is 0.463 e. The summed E-state index contributed by atoms with van der Waals surface area (Å²) in [7, 11) is -3.58. The van der Waals surface area contributed by atoms with E-state index in [4.69, 9.17) is 4.42 Å². The molecule has 17 heavy (non-hydrogen) atoms. The second kappa shape index (κ2) is 3.85. The highest BCUT2D eigenvalue weighted by Gasteiger charge is 2.16. The number of hydrogen-bond acceptors (Lipinski definition) is 5. The molecule has 0 bridgehead atoms. The minimum absolute atomic E-state index is 0.0732. The molecule has 0 radical (unpaired) electrons. The number of carbonyl (C=O) groups is 1. The van der Waals surface area contributed by atoms with E-state index in [1.165, 1.54) is 19.2 Å². The van der Waals surface area contributed by atoms with Crippen molar-refractivity contribution in [2.75, 3.05) is 7.11 Å². The second-order valence-electron chi connectivity index (χ2n) is 3.24. The first-order chi connectivity index (χ1) is 7.91. The van der Waals surface area contributed by atoms with Gasteiger partial charge >= 0.3 is 16.2 Å². The van der Waals surface area contributed by atoms with Gasteiger partial charge in [0.1, 0.15) is 5.58 Å². The third kappa shape index (κ3) is 2.14. The number of methoxy groups -OCH3 is 1. The number of fused-ring (bicyclic) bond motifs is 1. The summed E-state index contributed by atoms with van der Waals surface area (Å²) in [4.78, 5) is 10.7. The minimum Gasteiger partial charge on any atom is -0.463 e. The molecular weight excluding hydrogens is 251 g/mol. The fourth-order valence-electron chi connectivity index (χ4n) is 1.37. The zero-order valence-corrected chi connectivity index (χ0v) is 9.45. The fourth-order valence-corrected chi connectivity index (χ4v) is 1.87. The molecule has 90 valence electrons. The summed E-state index contributed by atoms with van der Waals surface area (Å²) in [6, 6.07) is 4.70. The molecule has 0 amide bonds. The van der Waals surface area contributed by atoms with Crippen LogP contribution in [0.15, 0.2) is 33.6 Å². The molecular formula is C10H7FO5S. The van der Waals surface area contributed by atoms with Crippen molar-refractivity contribution in [1.82, 2.24) is 0 Å². The van der Waals surface area contributed by atoms with Gasteiger partial charge in [0, 0.05) is 5.39 Å². The Balaban J connectivity index is 2.60. The van der Waals surface area contributed by atoms with Crippen molar-refractivity contribution in [3.8, 4) is 0 Å². The predicted molar refractivity (Wildman–Crippen MR) is 55.8 cm³/mol. The summed E-state index contributed by atoms with van der Waals surface area (Å²) in [5.74, 6) is -0.762. The normalized spacial score (nSPS) is 11.6. The third-order valence-corrected chi connectivity index (χ3v) is 2.97. The SMILES string of the molecule is COC(=O)c1cc2cc(S(=O)(=O)F)ccc2o1. The highest BCUT2D eigenvalue weighted by molar-refractivity contribution is 7.86. The van der Waals surface area contributed by atoms with E-state index in [2.05, 4.69) is 4.74 Å². The van der Waals surface area contributed by atoms with E-state index in [-0.39, 0.29) is 11.3 Å². The molecule has 0 fully saturated rings. The maximum atomic E-state index is 12.7. The van der Waals surface area contributed by atoms with Crippen LogP contribution in [0, 0.1) is 0 Å². The van der Waals surface area contributed by atoms with Crippen LogP contribution in [0.4, 0.5) is 3.89 Å². The monoisotopic (exact) mass is 258 g/mol. The third-order valence-electron chi connectivity index (χ3n) is 2.16. The van der Waals surface area contributed by atoms with Crippen LogP contribution in [0.25, 0.3) is 11.0 Å². The lowest BCUT2D eigenvalue weighted by molar-refractivity contribution is 0.0567. The van der Waals surface area contributed by atoms with Gasteiger partial charge in [0.25, 0.3) is 0 Å². The van der Waals surface area contributed by atoms with Gasteiger partial charge in [0.2, 0.25) is 5.76 Å². The van der Waals surface area contributed by atoms with Gasteiger partial charge in [-0.05, 0) is 24.3 Å². The molecule has 1 aromatic carbocycles. The molecule has 0 saturated heterocycles. The summed E-state index contributed by atoms with van der Waals surface area (Å²) in [5.41, 5.74) is 0.276. The molecule has 7 heteroatoms. The highest BCUT2D eigenvalue weighted by atomic mass is 32.3. The first-order valence-corrected chi connectivity index (χ1v) is 5.87. The minimum atomic E-state index is -4.77. The standard InChI is InChI=1S/C10H7FO5S/c1-15-10(12)9-5-6-4-7(17(11,13)14)2-3-8(6)16-9/h2-5H,1H3. The van der Waals surface area contributed by atoms with Crippen LogP contribution in [-0.4, -0.2) is 21.5 Å². The van der Waals surface area contributed by atoms with Crippen LogP contribution < -0.4 is 0 Å². The quantitative estimate of drug-likeness (QED) is 0.607. The molecule has 1 heterocycles. The number of hydrogen-bond donors (Lipinski definition) is 0. The number of carbonyl (C=O) groups excluding carboxylic acids is 1. The van der Waals surface area contributed by atoms with Crippen molar-refractivity contribution in [1.29, 1.82) is 0 Å². The van der Waals surface area contributed by atoms with E-state index in [1.54, 1.807) is 0 Å². The van der Waals surface area contributed by atoms with Crippen LogP contribution >= 0.6 is 0 Å². The van der Waals surface area contributed by atoms with Crippen molar-refractivity contribution < 1.29 is 26.3 Å². The number of halogens is 1. The van der Waals surface area contributed by atoms with Crippen molar-refractivity contribution >= 4 is 27.2 Å². The van der Waals surface area contributed by atoms with Gasteiger partial charge in [0.05, 0.1) is 12.0 Å². The number of benzene rings is 1. The summed E-state index contributed by atoms with van der Waals surface area (Å²) >= 11 is 0. The lowest BCUT2D eigenvalue weighted by Gasteiger charge is -1.93. The lowest BCUT2D eigenvalue weighted by atomic mass is 10.2. The Morgan fingerprint density at radius 3 is 2.65 bits per heavy atom. The van der Waals surface area contributed by atoms with E-state index in [0.717, 1.165) is 12.1 Å². The van der Waals surface area contributed by atoms with Gasteiger partial charge in [-0.1, -0.05) is 0 Å². The van der Waals surface area contributed by atoms with E-state index in [1.807, 2.05) is 0 Å². The Bertz CT molecular complexity index is 686. The van der Waals surface area contributed by atoms with E-state index < -0.39 is 21.1 Å². The molecule has 0 aliphatic rings. The van der Waals surface area contributed by atoms with Gasteiger partial charge in [-0.3, -0.25) is 0 Å². The van der Waals surface area contributed by atoms with Gasteiger partial charge < -0.3 is 9.15 Å². The number of rotatable bonds is 2. The number of ether oxygens (including phenoxy) is 1. The molecule has 2 rings (SSSR count). The summed E-state index contributed by atoms with van der Waals surface area (Å²) in [6.45, 7) is 0. The molecule has 0 aliphatic carbocycles. The Morgan fingerprint density at radius 1 is 1.35 bits per heavy atom. The molecule has 0 unspecified atom stereocenters. The number of furan rings is 1. The van der Waals surface area contributed by atoms with Crippen LogP contribution in [0.2, 0.25) is 0 Å². The summed E-state index contributed by atoms with van der Waals surface area (Å²) < 4.78 is 43.6. The van der Waals surface area contributed by atoms with Gasteiger partial charge in [-0.25, -0.2) is 4.79 Å². The molecule has 0 atom stereocenters. The average molecular weight is 258 g/mol. The van der Waals surface area contributed by atoms with Crippen molar-refractivity contribution in [3.63, 3.8) is 0 Å². The van der Waals surface area contributed by atoms with Gasteiger partial charge in [0.15, 0.2) is 0 Å². The zero-order valence-electron chi connectivity index (χ0n) is 8.64. The van der Waals surface area contributed by atoms with Crippen molar-refractivity contribution in [3.05, 3.63) is 30.0 Å². The van der Waals surface area contributed by atoms with Crippen LogP contribution in [0.3, 0.4) is 0 Å². The van der Waals surface area contributed by atoms with Crippen molar-refractivity contribution in [2.45, 2.75) is 4.90 Å². The van der Waals surface area contributed by atoms with E-state index in [9.17, 15) is 17.1 Å². The smallest absolute Gasteiger partial charge is 0.373 e. The van der Waals surface area contributed by atoms with E-state index in [0.29, 0.717) is 5.39 Å². The van der Waals surface area contributed by atoms with Crippen LogP contribution in [-0.2, 0) is 15.0 Å². The Kier molecular flexibility index (Phi) is 2.62. The molecule has 0 N–H and O–H groups in total. The molecule has 0 saturated carbocycles. The number of esters is 1. The average Bonchev–Trinajstić information content (AvgIpc) is 2.69. The van der Waals surface area contributed by atoms with Gasteiger partial charge in [-0.2, -0.15) is 8.42 Å². The summed E-state index contributed by atoms with van der Waals surface area (Å²) in [6.07, 6.45) is 0. The Morgan fingerprint density at radius 2 is 2.06 bits per heavy atom. The Labute approximate surface area is 96.0 Å². The van der Waals surface area contributed by atoms with Crippen molar-refractivity contribution in [2.24, 2.45) is 0 Å². The maximum absolute atomic E-state index is 12.7. The van der Waals surface area contributed by atoms with Crippen LogP contribution in [0.1, 0.15) is 10.6 Å². The topological polar surface area (TPSA) is 73.6 Å². The second-order valence-corrected chi connectivity index (χ2v) is 4.59. The Hall–Kier alpha value is -1.89. The molecule has 1 aromatic heterocycles. The molecule has 0 spiro atoms. The van der Waals surface area contributed by atoms with E-state index >= 15 is 0 Å². The zero-order chi connectivity index (χ0) is 12.6. The lowest BCUT2D eigenvalue weighted by Crippen LogP contribution is -1.97. The molecule has 0 aliphatic heterocycles. The predicted octanol–water partition coefficient (Wildman–Crippen LogP) is 1.88. The summed E-state index contributed by atoms with van der Waals surface area (Å²) in [5, 5.41) is 0.309. The molecule has 2 aromatic rings. The maximum Gasteiger partial charge on any atom is 0.373 e. The van der Waals surface area contributed by atoms with Gasteiger partial charge in [-0.15, -0.1) is 3.89 Å². The first kappa shape index (κ1) is 11.6. The highest BCUT2D eigenvalue weighted by Crippen LogP contribution is 2.24.